The van der Waals surface area contributed by atoms with Crippen LogP contribution >= 0.6 is 0 Å². The van der Waals surface area contributed by atoms with E-state index in [1.165, 1.54) is 0 Å². The fourth-order valence-electron chi connectivity index (χ4n) is 6.20. The van der Waals surface area contributed by atoms with Gasteiger partial charge in [-0.15, -0.1) is 0 Å². The van der Waals surface area contributed by atoms with Crippen LogP contribution in [0, 0.1) is 0 Å². The fourth-order valence-corrected chi connectivity index (χ4v) is 6.20. The Kier molecular flexibility index (Phi) is 18.5. The van der Waals surface area contributed by atoms with Gasteiger partial charge in [-0.1, -0.05) is 48.6 Å². The smallest absolute Gasteiger partial charge is 0.229 e. The summed E-state index contributed by atoms with van der Waals surface area (Å²) in [5.41, 5.74) is 1.74. The summed E-state index contributed by atoms with van der Waals surface area (Å²) in [6, 6.07) is 5.15. The number of allylic oxidation sites excluding steroid dienone is 7. The summed E-state index contributed by atoms with van der Waals surface area (Å²) < 4.78 is 22.5. The second-order valence-electron chi connectivity index (χ2n) is 13.8. The number of aliphatic hydroxyl groups is 8. The minimum Gasteiger partial charge on any atom is -0.462 e. The molecule has 15 heteroatoms. The molecule has 2 saturated heterocycles. The van der Waals surface area contributed by atoms with E-state index < -0.39 is 80.7 Å². The molecule has 10 N–H and O–H groups in total. The Balaban J connectivity index is 1.17. The van der Waals surface area contributed by atoms with Gasteiger partial charge >= 0.3 is 0 Å². The van der Waals surface area contributed by atoms with Crippen molar-refractivity contribution in [3.63, 3.8) is 0 Å². The molecule has 4 rings (SSSR count). The lowest BCUT2D eigenvalue weighted by Gasteiger charge is -2.42. The van der Waals surface area contributed by atoms with E-state index in [1.54, 1.807) is 31.2 Å². The highest BCUT2D eigenvalue weighted by Crippen LogP contribution is 2.29. The molecule has 15 nitrogen and oxygen atoms in total. The Morgan fingerprint density at radius 2 is 1.47 bits per heavy atom. The van der Waals surface area contributed by atoms with Crippen molar-refractivity contribution in [2.75, 3.05) is 19.8 Å². The Hall–Kier alpha value is -3.45. The number of unbranched alkanes of at least 4 members (excludes halogenated alkanes) is 2. The molecule has 2 unspecified atom stereocenters. The van der Waals surface area contributed by atoms with Crippen molar-refractivity contribution < 1.29 is 64.6 Å². The number of aliphatic hydroxyl groups excluding tert-OH is 8. The summed E-state index contributed by atoms with van der Waals surface area (Å²) in [6.45, 7) is 1.04. The van der Waals surface area contributed by atoms with Gasteiger partial charge in [0.1, 0.15) is 54.6 Å². The van der Waals surface area contributed by atoms with Crippen LogP contribution in [0.5, 0.6) is 5.75 Å². The molecule has 0 aliphatic carbocycles. The molecule has 2 fully saturated rings. The SMILES string of the molecule is CC(O)/C=C\C/C=C\C/C=C\C/C=C\CCCCC(=O)NCCc1c[nH]c2ccc(O[C@@H]3O[C@H](COC4O[C@H](CO)[C@@H](O)[C@H](O)[C@H]4O)[C@@H](O)[C@H](O)[C@H]3O)cc12. The lowest BCUT2D eigenvalue weighted by molar-refractivity contribution is -0.323. The Labute approximate surface area is 321 Å². The van der Waals surface area contributed by atoms with Gasteiger partial charge in [-0.3, -0.25) is 4.79 Å². The molecule has 1 aromatic heterocycles. The lowest BCUT2D eigenvalue weighted by atomic mass is 9.98. The molecule has 55 heavy (non-hydrogen) atoms. The first kappa shape index (κ1) is 44.3. The molecule has 306 valence electrons. The molecule has 1 amide bonds. The minimum atomic E-state index is -1.68. The van der Waals surface area contributed by atoms with Gasteiger partial charge in [-0.25, -0.2) is 0 Å². The van der Waals surface area contributed by atoms with Crippen LogP contribution in [0.25, 0.3) is 10.9 Å². The molecular weight excluding hydrogens is 716 g/mol. The number of hydrogen-bond acceptors (Lipinski definition) is 13. The summed E-state index contributed by atoms with van der Waals surface area (Å²) in [5.74, 6) is 0.286. The van der Waals surface area contributed by atoms with Gasteiger partial charge in [0.2, 0.25) is 12.2 Å². The topological polar surface area (TPSA) is 244 Å². The van der Waals surface area contributed by atoms with Crippen molar-refractivity contribution in [2.24, 2.45) is 0 Å². The number of rotatable bonds is 21. The van der Waals surface area contributed by atoms with Gasteiger partial charge in [-0.2, -0.15) is 0 Å². The van der Waals surface area contributed by atoms with E-state index in [4.69, 9.17) is 18.9 Å². The molecule has 0 radical (unpaired) electrons. The maximum atomic E-state index is 12.5. The normalized spacial score (nSPS) is 29.6. The number of hydrogen-bond donors (Lipinski definition) is 10. The second-order valence-corrected chi connectivity index (χ2v) is 13.8. The number of nitrogens with one attached hydrogen (secondary N) is 2. The van der Waals surface area contributed by atoms with Gasteiger partial charge in [0.15, 0.2) is 6.29 Å². The summed E-state index contributed by atoms with van der Waals surface area (Å²) in [7, 11) is 0. The van der Waals surface area contributed by atoms with Crippen molar-refractivity contribution in [2.45, 2.75) is 126 Å². The molecule has 3 heterocycles. The first-order chi connectivity index (χ1) is 26.5. The summed E-state index contributed by atoms with van der Waals surface area (Å²) in [4.78, 5) is 15.6. The molecular formula is C40H58N2O13. The van der Waals surface area contributed by atoms with Crippen molar-refractivity contribution in [3.05, 3.63) is 78.6 Å². The highest BCUT2D eigenvalue weighted by atomic mass is 16.7. The van der Waals surface area contributed by atoms with E-state index in [0.717, 1.165) is 55.0 Å². The van der Waals surface area contributed by atoms with E-state index in [0.29, 0.717) is 25.1 Å². The van der Waals surface area contributed by atoms with E-state index >= 15 is 0 Å². The van der Waals surface area contributed by atoms with E-state index in [1.807, 2.05) is 12.3 Å². The number of aromatic amines is 1. The average molecular weight is 775 g/mol. The van der Waals surface area contributed by atoms with Gasteiger partial charge in [0, 0.05) is 30.1 Å². The quantitative estimate of drug-likeness (QED) is 0.0634. The maximum absolute atomic E-state index is 12.5. The zero-order valence-electron chi connectivity index (χ0n) is 31.2. The fraction of sp³-hybridized carbons (Fsp3) is 0.575. The molecule has 11 atom stereocenters. The Bertz CT molecular complexity index is 1560. The Morgan fingerprint density at radius 1 is 0.836 bits per heavy atom. The predicted octanol–water partition coefficient (Wildman–Crippen LogP) is 1.17. The molecule has 2 aromatic rings. The van der Waals surface area contributed by atoms with E-state index in [2.05, 4.69) is 46.8 Å². The van der Waals surface area contributed by atoms with Crippen LogP contribution in [0.3, 0.4) is 0 Å². The van der Waals surface area contributed by atoms with Crippen molar-refractivity contribution in [3.8, 4) is 5.75 Å². The van der Waals surface area contributed by atoms with Gasteiger partial charge < -0.3 is 70.1 Å². The van der Waals surface area contributed by atoms with Crippen LogP contribution in [-0.2, 0) is 25.4 Å². The average Bonchev–Trinajstić information content (AvgIpc) is 3.57. The van der Waals surface area contributed by atoms with Gasteiger partial charge in [0.05, 0.1) is 19.3 Å². The monoisotopic (exact) mass is 774 g/mol. The van der Waals surface area contributed by atoms with Gasteiger partial charge in [0.25, 0.3) is 0 Å². The lowest BCUT2D eigenvalue weighted by Crippen LogP contribution is -2.62. The largest absolute Gasteiger partial charge is 0.462 e. The molecule has 1 aromatic carbocycles. The zero-order valence-corrected chi connectivity index (χ0v) is 31.2. The number of ether oxygens (including phenoxy) is 4. The number of fused-ring (bicyclic) bond motifs is 1. The van der Waals surface area contributed by atoms with E-state index in [9.17, 15) is 45.6 Å². The number of carbonyl (C=O) groups excluding carboxylic acids is 1. The van der Waals surface area contributed by atoms with E-state index in [-0.39, 0.29) is 5.91 Å². The first-order valence-corrected chi connectivity index (χ1v) is 18.9. The highest BCUT2D eigenvalue weighted by molar-refractivity contribution is 5.84. The summed E-state index contributed by atoms with van der Waals surface area (Å²) in [5, 5.41) is 84.4. The van der Waals surface area contributed by atoms with Crippen LogP contribution < -0.4 is 10.1 Å². The van der Waals surface area contributed by atoms with Crippen LogP contribution in [0.4, 0.5) is 0 Å². The third-order valence-corrected chi connectivity index (χ3v) is 9.41. The van der Waals surface area contributed by atoms with Crippen LogP contribution in [0.15, 0.2) is 73.0 Å². The third-order valence-electron chi connectivity index (χ3n) is 9.41. The van der Waals surface area contributed by atoms with Crippen LogP contribution in [-0.4, -0.2) is 139 Å². The first-order valence-electron chi connectivity index (χ1n) is 18.9. The molecule has 0 saturated carbocycles. The second kappa shape index (κ2) is 22.9. The summed E-state index contributed by atoms with van der Waals surface area (Å²) >= 11 is 0. The minimum absolute atomic E-state index is 0.0144. The molecule has 0 bridgehead atoms. The predicted molar refractivity (Wildman–Crippen MR) is 203 cm³/mol. The number of H-pyrrole nitrogens is 1. The Morgan fingerprint density at radius 3 is 2.16 bits per heavy atom. The van der Waals surface area contributed by atoms with Crippen LogP contribution in [0.1, 0.15) is 57.4 Å². The zero-order chi connectivity index (χ0) is 39.7. The van der Waals surface area contributed by atoms with Crippen LogP contribution in [0.2, 0.25) is 0 Å². The van der Waals surface area contributed by atoms with Crippen molar-refractivity contribution in [1.29, 1.82) is 0 Å². The number of aromatic nitrogens is 1. The number of benzene rings is 1. The third kappa shape index (κ3) is 13.6. The van der Waals surface area contributed by atoms with Gasteiger partial charge in [-0.05, 0) is 75.6 Å². The van der Waals surface area contributed by atoms with Crippen molar-refractivity contribution >= 4 is 16.8 Å². The number of carbonyl (C=O) groups is 1. The summed E-state index contributed by atoms with van der Waals surface area (Å²) in [6.07, 6.45) is 8.77. The molecule has 0 spiro atoms. The maximum Gasteiger partial charge on any atom is 0.229 e. The molecule has 2 aliphatic heterocycles. The standard InChI is InChI=1S/C40H58N2O13/c1-25(44)15-13-11-9-7-5-3-2-4-6-8-10-12-14-16-32(45)41-20-19-26-22-42-29-18-17-27(21-28(26)29)53-40-38(51)36(49)34(47)31(55-40)24-52-39-37(50)35(48)33(46)30(23-43)54-39/h2-3,6-9,13,15,17-18,21-22,25,30-31,33-40,42-44,46-51H,4-5,10-12,14,16,19-20,23-24H2,1H3,(H,41,45)/b3-2-,8-6-,9-7-,15-13-/t25?,30-,31-,33-,34-,35+,36+,37-,38-,39?,40-/m1/s1. The number of amides is 1. The highest BCUT2D eigenvalue weighted by Gasteiger charge is 2.47. The van der Waals surface area contributed by atoms with Crippen molar-refractivity contribution in [1.82, 2.24) is 10.3 Å². The molecule has 2 aliphatic rings.